The van der Waals surface area contributed by atoms with Crippen molar-refractivity contribution >= 4 is 11.9 Å². The Labute approximate surface area is 82.1 Å². The molecule has 14 heavy (non-hydrogen) atoms. The van der Waals surface area contributed by atoms with Gasteiger partial charge >= 0.3 is 0 Å². The summed E-state index contributed by atoms with van der Waals surface area (Å²) in [5.41, 5.74) is 5.27. The predicted molar refractivity (Wildman–Crippen MR) is 52.6 cm³/mol. The number of anilines is 1. The van der Waals surface area contributed by atoms with Crippen LogP contribution in [0.2, 0.25) is 0 Å². The lowest BCUT2D eigenvalue weighted by molar-refractivity contribution is -0.129. The smallest absolute Gasteiger partial charge is 0.234 e. The quantitative estimate of drug-likeness (QED) is 0.654. The molecule has 2 rings (SSSR count). The van der Waals surface area contributed by atoms with Crippen LogP contribution in [-0.2, 0) is 4.79 Å². The number of rotatable bonds is 3. The third-order valence-corrected chi connectivity index (χ3v) is 2.91. The minimum absolute atomic E-state index is 0.0128. The zero-order chi connectivity index (χ0) is 10.0. The number of hydrogen-bond donors (Lipinski definition) is 3. The molecule has 5 heteroatoms. The summed E-state index contributed by atoms with van der Waals surface area (Å²) >= 11 is 0. The Bertz CT molecular complexity index is 310. The molecule has 0 atom stereocenters. The monoisotopic (exact) mass is 194 g/mol. The lowest BCUT2D eigenvalue weighted by Crippen LogP contribution is -2.47. The van der Waals surface area contributed by atoms with Crippen molar-refractivity contribution in [2.45, 2.75) is 19.3 Å². The molecule has 1 amide bonds. The zero-order valence-corrected chi connectivity index (χ0v) is 7.92. The number of imidazole rings is 1. The SMILES string of the molecule is NCC1(C(=O)Nc2ncc[nH]2)CCC1. The summed E-state index contributed by atoms with van der Waals surface area (Å²) in [6, 6.07) is 0. The second-order valence-electron chi connectivity index (χ2n) is 3.73. The number of nitrogens with two attached hydrogens (primary N) is 1. The number of amides is 1. The third-order valence-electron chi connectivity index (χ3n) is 2.91. The van der Waals surface area contributed by atoms with E-state index in [2.05, 4.69) is 15.3 Å². The van der Waals surface area contributed by atoms with E-state index in [4.69, 9.17) is 5.73 Å². The molecule has 1 saturated carbocycles. The average molecular weight is 194 g/mol. The highest BCUT2D eigenvalue weighted by atomic mass is 16.2. The molecule has 1 fully saturated rings. The maximum Gasteiger partial charge on any atom is 0.234 e. The van der Waals surface area contributed by atoms with Gasteiger partial charge in [0.15, 0.2) is 0 Å². The standard InChI is InChI=1S/C9H14N4O/c10-6-9(2-1-3-9)7(14)13-8-11-4-5-12-8/h4-5H,1-3,6,10H2,(H2,11,12,13,14). The van der Waals surface area contributed by atoms with E-state index < -0.39 is 0 Å². The molecule has 5 nitrogen and oxygen atoms in total. The Morgan fingerprint density at radius 3 is 2.93 bits per heavy atom. The van der Waals surface area contributed by atoms with Crippen molar-refractivity contribution in [2.75, 3.05) is 11.9 Å². The Morgan fingerprint density at radius 1 is 1.71 bits per heavy atom. The van der Waals surface area contributed by atoms with Gasteiger partial charge in [-0.3, -0.25) is 10.1 Å². The highest BCUT2D eigenvalue weighted by Gasteiger charge is 2.42. The van der Waals surface area contributed by atoms with Crippen molar-refractivity contribution in [3.8, 4) is 0 Å². The maximum absolute atomic E-state index is 11.8. The minimum atomic E-state index is -0.340. The number of aromatic nitrogens is 2. The van der Waals surface area contributed by atoms with Crippen LogP contribution >= 0.6 is 0 Å². The largest absolute Gasteiger partial charge is 0.331 e. The van der Waals surface area contributed by atoms with Crippen LogP contribution in [0.5, 0.6) is 0 Å². The Balaban J connectivity index is 2.01. The molecule has 1 heterocycles. The van der Waals surface area contributed by atoms with Crippen molar-refractivity contribution in [1.29, 1.82) is 0 Å². The predicted octanol–water partition coefficient (Wildman–Crippen LogP) is 0.477. The molecule has 0 aliphatic heterocycles. The zero-order valence-electron chi connectivity index (χ0n) is 7.92. The first kappa shape index (κ1) is 9.21. The van der Waals surface area contributed by atoms with Gasteiger partial charge in [-0.05, 0) is 12.8 Å². The van der Waals surface area contributed by atoms with Crippen molar-refractivity contribution in [3.63, 3.8) is 0 Å². The molecule has 4 N–H and O–H groups in total. The number of hydrogen-bond acceptors (Lipinski definition) is 3. The van der Waals surface area contributed by atoms with Crippen molar-refractivity contribution in [3.05, 3.63) is 12.4 Å². The van der Waals surface area contributed by atoms with Gasteiger partial charge in [-0.15, -0.1) is 0 Å². The van der Waals surface area contributed by atoms with Crippen LogP contribution in [0, 0.1) is 5.41 Å². The first-order valence-corrected chi connectivity index (χ1v) is 4.78. The van der Waals surface area contributed by atoms with E-state index in [1.807, 2.05) is 0 Å². The number of nitrogens with zero attached hydrogens (tertiary/aromatic N) is 1. The molecule has 0 spiro atoms. The summed E-state index contributed by atoms with van der Waals surface area (Å²) in [6.45, 7) is 0.416. The Hall–Kier alpha value is -1.36. The van der Waals surface area contributed by atoms with E-state index in [0.717, 1.165) is 19.3 Å². The van der Waals surface area contributed by atoms with Crippen LogP contribution in [-0.4, -0.2) is 22.4 Å². The van der Waals surface area contributed by atoms with Crippen LogP contribution in [0.1, 0.15) is 19.3 Å². The molecule has 76 valence electrons. The number of nitrogens with one attached hydrogen (secondary N) is 2. The van der Waals surface area contributed by atoms with Crippen LogP contribution < -0.4 is 11.1 Å². The fourth-order valence-corrected chi connectivity index (χ4v) is 1.70. The topological polar surface area (TPSA) is 83.8 Å². The number of carbonyl (C=O) groups excluding carboxylic acids is 1. The number of H-pyrrole nitrogens is 1. The molecule has 1 aromatic rings. The van der Waals surface area contributed by atoms with E-state index in [9.17, 15) is 4.79 Å². The second kappa shape index (κ2) is 3.42. The van der Waals surface area contributed by atoms with E-state index >= 15 is 0 Å². The van der Waals surface area contributed by atoms with E-state index in [1.165, 1.54) is 0 Å². The summed E-state index contributed by atoms with van der Waals surface area (Å²) in [7, 11) is 0. The van der Waals surface area contributed by atoms with Gasteiger partial charge in [0.1, 0.15) is 0 Å². The van der Waals surface area contributed by atoms with Gasteiger partial charge in [-0.2, -0.15) is 0 Å². The van der Waals surface area contributed by atoms with Crippen LogP contribution in [0.25, 0.3) is 0 Å². The molecule has 0 bridgehead atoms. The average Bonchev–Trinajstić information content (AvgIpc) is 2.55. The van der Waals surface area contributed by atoms with Crippen molar-refractivity contribution in [2.24, 2.45) is 11.1 Å². The summed E-state index contributed by atoms with van der Waals surface area (Å²) in [4.78, 5) is 18.6. The van der Waals surface area contributed by atoms with Crippen molar-refractivity contribution < 1.29 is 4.79 Å². The minimum Gasteiger partial charge on any atom is -0.331 e. The number of carbonyl (C=O) groups is 1. The third kappa shape index (κ3) is 1.39. The molecular formula is C9H14N4O. The summed E-state index contributed by atoms with van der Waals surface area (Å²) in [5.74, 6) is 0.482. The number of aromatic amines is 1. The van der Waals surface area contributed by atoms with Gasteiger partial charge < -0.3 is 10.7 Å². The fraction of sp³-hybridized carbons (Fsp3) is 0.556. The molecule has 0 radical (unpaired) electrons. The Morgan fingerprint density at radius 2 is 2.50 bits per heavy atom. The van der Waals surface area contributed by atoms with E-state index in [-0.39, 0.29) is 11.3 Å². The van der Waals surface area contributed by atoms with Gasteiger partial charge in [0.2, 0.25) is 11.9 Å². The van der Waals surface area contributed by atoms with Gasteiger partial charge in [0, 0.05) is 18.9 Å². The molecule has 0 unspecified atom stereocenters. The molecule has 1 aromatic heterocycles. The lowest BCUT2D eigenvalue weighted by Gasteiger charge is -2.38. The van der Waals surface area contributed by atoms with Crippen molar-refractivity contribution in [1.82, 2.24) is 9.97 Å². The highest BCUT2D eigenvalue weighted by Crippen LogP contribution is 2.40. The van der Waals surface area contributed by atoms with Crippen LogP contribution in [0.15, 0.2) is 12.4 Å². The van der Waals surface area contributed by atoms with Gasteiger partial charge in [-0.25, -0.2) is 4.98 Å². The lowest BCUT2D eigenvalue weighted by atomic mass is 9.68. The summed E-state index contributed by atoms with van der Waals surface area (Å²) in [5, 5.41) is 2.73. The first-order valence-electron chi connectivity index (χ1n) is 4.78. The fourth-order valence-electron chi connectivity index (χ4n) is 1.70. The van der Waals surface area contributed by atoms with E-state index in [1.54, 1.807) is 12.4 Å². The molecule has 1 aliphatic rings. The Kier molecular flexibility index (Phi) is 2.25. The normalized spacial score (nSPS) is 18.6. The van der Waals surface area contributed by atoms with E-state index in [0.29, 0.717) is 12.5 Å². The van der Waals surface area contributed by atoms with Gasteiger partial charge in [-0.1, -0.05) is 6.42 Å². The second-order valence-corrected chi connectivity index (χ2v) is 3.73. The first-order chi connectivity index (χ1) is 6.77. The molecule has 0 saturated heterocycles. The summed E-state index contributed by atoms with van der Waals surface area (Å²) < 4.78 is 0. The van der Waals surface area contributed by atoms with Crippen LogP contribution in [0.4, 0.5) is 5.95 Å². The van der Waals surface area contributed by atoms with Crippen LogP contribution in [0.3, 0.4) is 0 Å². The highest BCUT2D eigenvalue weighted by molar-refractivity contribution is 5.94. The maximum atomic E-state index is 11.8. The molecular weight excluding hydrogens is 180 g/mol. The van der Waals surface area contributed by atoms with Gasteiger partial charge in [0.25, 0.3) is 0 Å². The molecule has 1 aliphatic carbocycles. The molecule has 0 aromatic carbocycles. The van der Waals surface area contributed by atoms with Gasteiger partial charge in [0.05, 0.1) is 5.41 Å². The summed E-state index contributed by atoms with van der Waals surface area (Å²) in [6.07, 6.45) is 6.13.